The minimum absolute atomic E-state index is 0.481. The van der Waals surface area contributed by atoms with Gasteiger partial charge in [0, 0.05) is 25.2 Å². The smallest absolute Gasteiger partial charge is 0.0909 e. The van der Waals surface area contributed by atoms with Crippen molar-refractivity contribution in [2.75, 3.05) is 6.54 Å². The van der Waals surface area contributed by atoms with Crippen molar-refractivity contribution in [1.82, 2.24) is 4.90 Å². The molecule has 0 saturated carbocycles. The summed E-state index contributed by atoms with van der Waals surface area (Å²) in [5.74, 6) is 0. The third kappa shape index (κ3) is 2.21. The topological polar surface area (TPSA) is 26.8 Å². The molecule has 0 aliphatic carbocycles. The fourth-order valence-electron chi connectivity index (χ4n) is 1.53. The summed E-state index contributed by atoms with van der Waals surface area (Å²) in [6.07, 6.45) is 3.53. The molecule has 2 heteroatoms. The summed E-state index contributed by atoms with van der Waals surface area (Å²) in [7, 11) is 0. The Balaban J connectivity index is 1.85. The Morgan fingerprint density at radius 1 is 1.43 bits per heavy atom. The Bertz CT molecular complexity index is 362. The van der Waals surface area contributed by atoms with Gasteiger partial charge in [0.1, 0.15) is 0 Å². The van der Waals surface area contributed by atoms with Crippen LogP contribution in [-0.2, 0) is 6.54 Å². The second-order valence-corrected chi connectivity index (χ2v) is 3.47. The molecule has 1 heterocycles. The van der Waals surface area contributed by atoms with Crippen LogP contribution in [0.15, 0.2) is 42.5 Å². The highest BCUT2D eigenvalue weighted by Crippen LogP contribution is 2.21. The number of hydrogen-bond acceptors (Lipinski definition) is 2. The van der Waals surface area contributed by atoms with E-state index in [2.05, 4.69) is 29.2 Å². The summed E-state index contributed by atoms with van der Waals surface area (Å²) >= 11 is 0. The molecule has 14 heavy (non-hydrogen) atoms. The van der Waals surface area contributed by atoms with Crippen molar-refractivity contribution >= 4 is 0 Å². The first-order valence-corrected chi connectivity index (χ1v) is 4.74. The van der Waals surface area contributed by atoms with E-state index in [-0.39, 0.29) is 0 Å². The minimum atomic E-state index is 0.481. The molecular formula is C12H12N2. The van der Waals surface area contributed by atoms with Crippen LogP contribution in [0.3, 0.4) is 0 Å². The van der Waals surface area contributed by atoms with E-state index in [0.717, 1.165) is 13.1 Å². The summed E-state index contributed by atoms with van der Waals surface area (Å²) in [6, 6.07) is 12.9. The molecule has 1 saturated heterocycles. The van der Waals surface area contributed by atoms with Crippen LogP contribution in [0.4, 0.5) is 0 Å². The molecule has 1 unspecified atom stereocenters. The van der Waals surface area contributed by atoms with Gasteiger partial charge in [-0.2, -0.15) is 5.26 Å². The number of nitrogens with zero attached hydrogens (tertiary/aromatic N) is 2. The molecule has 1 aliphatic rings. The number of allylic oxidation sites excluding steroid dienone is 1. The normalized spacial score (nSPS) is 24.8. The maximum Gasteiger partial charge on any atom is 0.0909 e. The zero-order chi connectivity index (χ0) is 9.80. The van der Waals surface area contributed by atoms with Crippen molar-refractivity contribution in [2.24, 2.45) is 0 Å². The Hall–Kier alpha value is -1.59. The van der Waals surface area contributed by atoms with Gasteiger partial charge in [0.05, 0.1) is 6.07 Å². The van der Waals surface area contributed by atoms with E-state index in [1.807, 2.05) is 18.2 Å². The maximum atomic E-state index is 8.36. The van der Waals surface area contributed by atoms with Crippen molar-refractivity contribution in [3.05, 3.63) is 48.0 Å². The zero-order valence-electron chi connectivity index (χ0n) is 7.93. The van der Waals surface area contributed by atoms with Gasteiger partial charge in [-0.3, -0.25) is 4.90 Å². The third-order valence-corrected chi connectivity index (χ3v) is 2.38. The van der Waals surface area contributed by atoms with E-state index in [1.165, 1.54) is 5.56 Å². The highest BCUT2D eigenvalue weighted by molar-refractivity contribution is 5.18. The second-order valence-electron chi connectivity index (χ2n) is 3.47. The zero-order valence-corrected chi connectivity index (χ0v) is 7.93. The predicted octanol–water partition coefficient (Wildman–Crippen LogP) is 1.95. The lowest BCUT2D eigenvalue weighted by atomic mass is 10.2. The lowest BCUT2D eigenvalue weighted by Gasteiger charge is -2.00. The summed E-state index contributed by atoms with van der Waals surface area (Å²) in [5, 5.41) is 8.36. The maximum absolute atomic E-state index is 8.36. The Labute approximate surface area is 84.1 Å². The summed E-state index contributed by atoms with van der Waals surface area (Å²) in [5.41, 5.74) is 1.33. The molecule has 1 aliphatic heterocycles. The first kappa shape index (κ1) is 8.98. The largest absolute Gasteiger partial charge is 0.289 e. The predicted molar refractivity (Wildman–Crippen MR) is 55.4 cm³/mol. The van der Waals surface area contributed by atoms with Crippen LogP contribution < -0.4 is 0 Å². The quantitative estimate of drug-likeness (QED) is 0.530. The summed E-state index contributed by atoms with van der Waals surface area (Å²) < 4.78 is 0. The van der Waals surface area contributed by atoms with Gasteiger partial charge in [-0.1, -0.05) is 36.4 Å². The number of nitriles is 1. The monoisotopic (exact) mass is 184 g/mol. The van der Waals surface area contributed by atoms with E-state index >= 15 is 0 Å². The van der Waals surface area contributed by atoms with Crippen LogP contribution in [0.25, 0.3) is 0 Å². The summed E-state index contributed by atoms with van der Waals surface area (Å²) in [6.45, 7) is 2.06. The van der Waals surface area contributed by atoms with Gasteiger partial charge in [-0.15, -0.1) is 0 Å². The van der Waals surface area contributed by atoms with E-state index in [1.54, 1.807) is 6.08 Å². The van der Waals surface area contributed by atoms with Gasteiger partial charge < -0.3 is 0 Å². The average molecular weight is 184 g/mol. The van der Waals surface area contributed by atoms with Gasteiger partial charge in [-0.05, 0) is 5.56 Å². The third-order valence-electron chi connectivity index (χ3n) is 2.38. The Morgan fingerprint density at radius 3 is 2.93 bits per heavy atom. The van der Waals surface area contributed by atoms with Crippen molar-refractivity contribution in [2.45, 2.75) is 12.6 Å². The minimum Gasteiger partial charge on any atom is -0.289 e. The van der Waals surface area contributed by atoms with Crippen LogP contribution in [0.2, 0.25) is 0 Å². The average Bonchev–Trinajstić information content (AvgIpc) is 2.95. The molecule has 1 fully saturated rings. The molecule has 1 aromatic carbocycles. The van der Waals surface area contributed by atoms with Crippen molar-refractivity contribution in [3.8, 4) is 6.07 Å². The van der Waals surface area contributed by atoms with Crippen molar-refractivity contribution in [3.63, 3.8) is 0 Å². The van der Waals surface area contributed by atoms with E-state index in [0.29, 0.717) is 6.04 Å². The lowest BCUT2D eigenvalue weighted by molar-refractivity contribution is 0.529. The molecule has 0 bridgehead atoms. The Morgan fingerprint density at radius 2 is 2.21 bits per heavy atom. The van der Waals surface area contributed by atoms with Gasteiger partial charge in [0.2, 0.25) is 0 Å². The number of rotatable bonds is 3. The van der Waals surface area contributed by atoms with Gasteiger partial charge >= 0.3 is 0 Å². The molecule has 0 radical (unpaired) electrons. The molecule has 0 N–H and O–H groups in total. The fraction of sp³-hybridized carbons (Fsp3) is 0.250. The van der Waals surface area contributed by atoms with Crippen molar-refractivity contribution in [1.29, 1.82) is 5.26 Å². The van der Waals surface area contributed by atoms with Crippen LogP contribution in [-0.4, -0.2) is 17.5 Å². The van der Waals surface area contributed by atoms with Crippen LogP contribution in [0, 0.1) is 11.3 Å². The molecule has 0 aromatic heterocycles. The molecule has 0 amide bonds. The molecule has 2 rings (SSSR count). The number of benzene rings is 1. The second kappa shape index (κ2) is 4.08. The highest BCUT2D eigenvalue weighted by Gasteiger charge is 2.30. The van der Waals surface area contributed by atoms with E-state index in [9.17, 15) is 0 Å². The van der Waals surface area contributed by atoms with E-state index < -0.39 is 0 Å². The SMILES string of the molecule is N#C/C=C/[C@H]1CN1Cc1ccccc1. The standard InChI is InChI=1S/C12H12N2/c13-8-4-7-12-10-14(12)9-11-5-2-1-3-6-11/h1-7,12H,9-10H2/b7-4+/t12-,14?/m0/s1. The van der Waals surface area contributed by atoms with Gasteiger partial charge in [0.25, 0.3) is 0 Å². The fourth-order valence-corrected chi connectivity index (χ4v) is 1.53. The molecule has 70 valence electrons. The molecular weight excluding hydrogens is 172 g/mol. The Kier molecular flexibility index (Phi) is 2.62. The van der Waals surface area contributed by atoms with Crippen LogP contribution in [0.5, 0.6) is 0 Å². The van der Waals surface area contributed by atoms with Gasteiger partial charge in [0.15, 0.2) is 0 Å². The molecule has 1 aromatic rings. The first-order valence-electron chi connectivity index (χ1n) is 4.74. The number of hydrogen-bond donors (Lipinski definition) is 0. The first-order chi connectivity index (χ1) is 6.90. The highest BCUT2D eigenvalue weighted by atomic mass is 15.3. The molecule has 2 nitrogen and oxygen atoms in total. The lowest BCUT2D eigenvalue weighted by Crippen LogP contribution is -1.99. The molecule has 0 spiro atoms. The van der Waals surface area contributed by atoms with Gasteiger partial charge in [-0.25, -0.2) is 0 Å². The van der Waals surface area contributed by atoms with Crippen molar-refractivity contribution < 1.29 is 0 Å². The van der Waals surface area contributed by atoms with E-state index in [4.69, 9.17) is 5.26 Å². The van der Waals surface area contributed by atoms with Crippen LogP contribution >= 0.6 is 0 Å². The molecule has 2 atom stereocenters. The summed E-state index contributed by atoms with van der Waals surface area (Å²) in [4.78, 5) is 2.32. The van der Waals surface area contributed by atoms with Crippen LogP contribution in [0.1, 0.15) is 5.56 Å².